The molecule has 0 saturated heterocycles. The molecule has 2 heteroatoms. The molecule has 1 N–H and O–H groups in total. The van der Waals surface area contributed by atoms with Gasteiger partial charge in [-0.15, -0.1) is 0 Å². The lowest BCUT2D eigenvalue weighted by atomic mass is 9.79. The van der Waals surface area contributed by atoms with Gasteiger partial charge in [0.1, 0.15) is 11.5 Å². The van der Waals surface area contributed by atoms with Crippen molar-refractivity contribution in [2.75, 3.05) is 0 Å². The van der Waals surface area contributed by atoms with Crippen LogP contribution in [0.25, 0.3) is 0 Å². The Morgan fingerprint density at radius 3 is 2.50 bits per heavy atom. The van der Waals surface area contributed by atoms with Crippen molar-refractivity contribution in [1.82, 2.24) is 5.32 Å². The molecule has 1 heterocycles. The maximum atomic E-state index is 5.62. The molecule has 4 atom stereocenters. The summed E-state index contributed by atoms with van der Waals surface area (Å²) in [6.45, 7) is 11.1. The van der Waals surface area contributed by atoms with Crippen molar-refractivity contribution in [3.8, 4) is 0 Å². The average Bonchev–Trinajstić information content (AvgIpc) is 2.63. The van der Waals surface area contributed by atoms with Crippen molar-refractivity contribution in [1.29, 1.82) is 0 Å². The van der Waals surface area contributed by atoms with E-state index < -0.39 is 0 Å². The van der Waals surface area contributed by atoms with Crippen LogP contribution in [0.2, 0.25) is 0 Å². The molecule has 2 rings (SSSR count). The Hall–Kier alpha value is -0.760. The number of aryl methyl sites for hydroxylation is 2. The minimum atomic E-state index is 0.396. The molecule has 1 saturated carbocycles. The Kier molecular flexibility index (Phi) is 4.16. The fraction of sp³-hybridized carbons (Fsp3) is 0.750. The van der Waals surface area contributed by atoms with Crippen LogP contribution in [0.1, 0.15) is 63.2 Å². The van der Waals surface area contributed by atoms with Crippen LogP contribution in [0.3, 0.4) is 0 Å². The number of nitrogens with one attached hydrogen (secondary N) is 1. The van der Waals surface area contributed by atoms with Gasteiger partial charge in [0.15, 0.2) is 0 Å². The molecule has 1 aromatic heterocycles. The molecule has 4 unspecified atom stereocenters. The highest BCUT2D eigenvalue weighted by molar-refractivity contribution is 5.23. The SMILES string of the molecule is Cc1cc(C(C)NC2CCC(C)C(C)C2)c(C)o1. The summed E-state index contributed by atoms with van der Waals surface area (Å²) < 4.78 is 5.62. The van der Waals surface area contributed by atoms with Crippen molar-refractivity contribution in [2.24, 2.45) is 11.8 Å². The molecule has 1 fully saturated rings. The van der Waals surface area contributed by atoms with Gasteiger partial charge in [-0.05, 0) is 57.9 Å². The molecule has 0 spiro atoms. The Labute approximate surface area is 111 Å². The zero-order chi connectivity index (χ0) is 13.3. The third kappa shape index (κ3) is 2.97. The summed E-state index contributed by atoms with van der Waals surface area (Å²) in [6, 6.07) is 3.23. The van der Waals surface area contributed by atoms with Crippen LogP contribution < -0.4 is 5.32 Å². The minimum Gasteiger partial charge on any atom is -0.466 e. The number of hydrogen-bond donors (Lipinski definition) is 1. The highest BCUT2D eigenvalue weighted by atomic mass is 16.3. The predicted octanol–water partition coefficient (Wildman–Crippen LogP) is 4.37. The normalized spacial score (nSPS) is 30.4. The van der Waals surface area contributed by atoms with Gasteiger partial charge < -0.3 is 9.73 Å². The molecule has 18 heavy (non-hydrogen) atoms. The summed E-state index contributed by atoms with van der Waals surface area (Å²) in [5.74, 6) is 3.80. The fourth-order valence-corrected chi connectivity index (χ4v) is 3.22. The van der Waals surface area contributed by atoms with Crippen molar-refractivity contribution in [2.45, 2.75) is 66.0 Å². The quantitative estimate of drug-likeness (QED) is 0.860. The van der Waals surface area contributed by atoms with Crippen LogP contribution in [0.4, 0.5) is 0 Å². The van der Waals surface area contributed by atoms with E-state index in [-0.39, 0.29) is 0 Å². The zero-order valence-electron chi connectivity index (χ0n) is 12.4. The molecule has 1 aliphatic rings. The maximum Gasteiger partial charge on any atom is 0.105 e. The zero-order valence-corrected chi connectivity index (χ0v) is 12.4. The number of rotatable bonds is 3. The highest BCUT2D eigenvalue weighted by Crippen LogP contribution is 2.31. The second kappa shape index (κ2) is 5.48. The van der Waals surface area contributed by atoms with Gasteiger partial charge in [0.2, 0.25) is 0 Å². The Morgan fingerprint density at radius 2 is 1.94 bits per heavy atom. The molecule has 2 nitrogen and oxygen atoms in total. The predicted molar refractivity (Wildman–Crippen MR) is 75.7 cm³/mol. The van der Waals surface area contributed by atoms with Gasteiger partial charge in [-0.25, -0.2) is 0 Å². The smallest absolute Gasteiger partial charge is 0.105 e. The van der Waals surface area contributed by atoms with Crippen molar-refractivity contribution in [3.05, 3.63) is 23.2 Å². The summed E-state index contributed by atoms with van der Waals surface area (Å²) in [6.07, 6.45) is 3.97. The lowest BCUT2D eigenvalue weighted by molar-refractivity contribution is 0.217. The standard InChI is InChI=1S/C16H27NO/c1-10-6-7-15(8-11(10)2)17-13(4)16-9-12(3)18-14(16)5/h9-11,13,15,17H,6-8H2,1-5H3. The van der Waals surface area contributed by atoms with Crippen LogP contribution in [0, 0.1) is 25.7 Å². The maximum absolute atomic E-state index is 5.62. The van der Waals surface area contributed by atoms with E-state index >= 15 is 0 Å². The molecule has 102 valence electrons. The molecular formula is C16H27NO. The molecule has 1 aromatic rings. The van der Waals surface area contributed by atoms with Crippen molar-refractivity contribution >= 4 is 0 Å². The molecule has 0 aliphatic heterocycles. The van der Waals surface area contributed by atoms with Crippen LogP contribution in [0.5, 0.6) is 0 Å². The van der Waals surface area contributed by atoms with Gasteiger partial charge in [-0.2, -0.15) is 0 Å². The molecule has 0 bridgehead atoms. The van der Waals surface area contributed by atoms with Crippen LogP contribution >= 0.6 is 0 Å². The van der Waals surface area contributed by atoms with Gasteiger partial charge in [-0.3, -0.25) is 0 Å². The van der Waals surface area contributed by atoms with Crippen molar-refractivity contribution in [3.63, 3.8) is 0 Å². The van der Waals surface area contributed by atoms with Gasteiger partial charge in [-0.1, -0.05) is 13.8 Å². The first-order valence-electron chi connectivity index (χ1n) is 7.30. The summed E-state index contributed by atoms with van der Waals surface area (Å²) >= 11 is 0. The van der Waals surface area contributed by atoms with Crippen LogP contribution in [-0.2, 0) is 0 Å². The molecule has 1 aliphatic carbocycles. The molecular weight excluding hydrogens is 222 g/mol. The summed E-state index contributed by atoms with van der Waals surface area (Å²) in [5, 5.41) is 3.78. The van der Waals surface area contributed by atoms with Crippen LogP contribution in [0.15, 0.2) is 10.5 Å². The van der Waals surface area contributed by atoms with E-state index in [0.29, 0.717) is 12.1 Å². The van der Waals surface area contributed by atoms with Crippen molar-refractivity contribution < 1.29 is 4.42 Å². The monoisotopic (exact) mass is 249 g/mol. The third-order valence-corrected chi connectivity index (χ3v) is 4.63. The number of furan rings is 1. The van der Waals surface area contributed by atoms with E-state index in [0.717, 1.165) is 23.4 Å². The van der Waals surface area contributed by atoms with Gasteiger partial charge in [0, 0.05) is 17.6 Å². The molecule has 0 aromatic carbocycles. The lowest BCUT2D eigenvalue weighted by Gasteiger charge is -2.34. The number of hydrogen-bond acceptors (Lipinski definition) is 2. The second-order valence-electron chi connectivity index (χ2n) is 6.22. The topological polar surface area (TPSA) is 25.2 Å². The van der Waals surface area contributed by atoms with Crippen LogP contribution in [-0.4, -0.2) is 6.04 Å². The van der Waals surface area contributed by atoms with E-state index in [4.69, 9.17) is 4.42 Å². The lowest BCUT2D eigenvalue weighted by Crippen LogP contribution is -2.37. The molecule has 0 amide bonds. The Balaban J connectivity index is 1.95. The van der Waals surface area contributed by atoms with Gasteiger partial charge >= 0.3 is 0 Å². The van der Waals surface area contributed by atoms with Gasteiger partial charge in [0.25, 0.3) is 0 Å². The van der Waals surface area contributed by atoms with E-state index in [1.807, 2.05) is 6.92 Å². The summed E-state index contributed by atoms with van der Waals surface area (Å²) in [5.41, 5.74) is 1.32. The highest BCUT2D eigenvalue weighted by Gasteiger charge is 2.26. The minimum absolute atomic E-state index is 0.396. The average molecular weight is 249 g/mol. The first-order chi connectivity index (χ1) is 8.47. The van der Waals surface area contributed by atoms with E-state index in [2.05, 4.69) is 39.1 Å². The van der Waals surface area contributed by atoms with E-state index in [1.54, 1.807) is 0 Å². The summed E-state index contributed by atoms with van der Waals surface area (Å²) in [4.78, 5) is 0. The molecule has 0 radical (unpaired) electrons. The second-order valence-corrected chi connectivity index (χ2v) is 6.22. The Morgan fingerprint density at radius 1 is 1.22 bits per heavy atom. The first kappa shape index (κ1) is 13.7. The Bertz CT molecular complexity index is 396. The first-order valence-corrected chi connectivity index (χ1v) is 7.30. The van der Waals surface area contributed by atoms with E-state index in [1.165, 1.54) is 24.8 Å². The fourth-order valence-electron chi connectivity index (χ4n) is 3.22. The summed E-state index contributed by atoms with van der Waals surface area (Å²) in [7, 11) is 0. The third-order valence-electron chi connectivity index (χ3n) is 4.63. The van der Waals surface area contributed by atoms with Gasteiger partial charge in [0.05, 0.1) is 0 Å². The largest absolute Gasteiger partial charge is 0.466 e. The van der Waals surface area contributed by atoms with E-state index in [9.17, 15) is 0 Å².